The van der Waals surface area contributed by atoms with E-state index in [1.54, 1.807) is 36.4 Å². The summed E-state index contributed by atoms with van der Waals surface area (Å²) >= 11 is 6.05. The molecule has 134 valence electrons. The van der Waals surface area contributed by atoms with Crippen molar-refractivity contribution in [3.63, 3.8) is 0 Å². The van der Waals surface area contributed by atoms with E-state index in [4.69, 9.17) is 16.3 Å². The molecule has 1 atom stereocenters. The van der Waals surface area contributed by atoms with Crippen molar-refractivity contribution in [3.8, 4) is 5.75 Å². The van der Waals surface area contributed by atoms with Crippen LogP contribution in [0, 0.1) is 0 Å². The minimum atomic E-state index is -3.93. The van der Waals surface area contributed by atoms with Gasteiger partial charge in [-0.05, 0) is 36.2 Å². The van der Waals surface area contributed by atoms with Crippen LogP contribution in [0.2, 0.25) is 5.02 Å². The highest BCUT2D eigenvalue weighted by Gasteiger charge is 2.33. The number of ether oxygens (including phenoxy) is 1. The van der Waals surface area contributed by atoms with Gasteiger partial charge in [0.05, 0.1) is 17.0 Å². The van der Waals surface area contributed by atoms with Gasteiger partial charge < -0.3 is 9.84 Å². The minimum absolute atomic E-state index is 0.0262. The van der Waals surface area contributed by atoms with Crippen LogP contribution in [0.15, 0.2) is 53.4 Å². The van der Waals surface area contributed by atoms with Crippen molar-refractivity contribution in [2.45, 2.75) is 17.4 Å². The van der Waals surface area contributed by atoms with Crippen molar-refractivity contribution in [1.29, 1.82) is 0 Å². The Balaban J connectivity index is 2.32. The third-order valence-corrected chi connectivity index (χ3v) is 5.97. The standard InChI is InChI=1S/C17H18ClNO5S/c1-19(25(22,23)13-6-4-3-5-7-13)15(17(20)21)11-12-8-9-16(24-2)14(18)10-12/h3-10,15H,11H2,1-2H3,(H,20,21)/t15-/m0/s1. The van der Waals surface area contributed by atoms with Gasteiger partial charge in [-0.25, -0.2) is 8.42 Å². The van der Waals surface area contributed by atoms with E-state index in [9.17, 15) is 18.3 Å². The Morgan fingerprint density at radius 3 is 2.40 bits per heavy atom. The highest BCUT2D eigenvalue weighted by molar-refractivity contribution is 7.89. The summed E-state index contributed by atoms with van der Waals surface area (Å²) in [5.41, 5.74) is 0.591. The molecule has 2 aromatic carbocycles. The fourth-order valence-corrected chi connectivity index (χ4v) is 3.97. The number of methoxy groups -OCH3 is 1. The average Bonchev–Trinajstić information content (AvgIpc) is 2.59. The number of benzene rings is 2. The van der Waals surface area contributed by atoms with Gasteiger partial charge >= 0.3 is 5.97 Å². The Morgan fingerprint density at radius 2 is 1.88 bits per heavy atom. The summed E-state index contributed by atoms with van der Waals surface area (Å²) in [4.78, 5) is 11.7. The molecule has 0 bridgehead atoms. The van der Waals surface area contributed by atoms with E-state index in [1.807, 2.05) is 0 Å². The molecule has 0 aliphatic rings. The maximum atomic E-state index is 12.7. The van der Waals surface area contributed by atoms with Gasteiger partial charge in [0.1, 0.15) is 11.8 Å². The summed E-state index contributed by atoms with van der Waals surface area (Å²) in [7, 11) is -1.20. The number of carboxylic acids is 1. The smallest absolute Gasteiger partial charge is 0.322 e. The van der Waals surface area contributed by atoms with Crippen molar-refractivity contribution in [1.82, 2.24) is 4.31 Å². The summed E-state index contributed by atoms with van der Waals surface area (Å²) in [6.45, 7) is 0. The summed E-state index contributed by atoms with van der Waals surface area (Å²) in [5, 5.41) is 9.85. The van der Waals surface area contributed by atoms with E-state index in [0.717, 1.165) is 4.31 Å². The number of carbonyl (C=O) groups is 1. The van der Waals surface area contributed by atoms with Crippen molar-refractivity contribution < 1.29 is 23.1 Å². The van der Waals surface area contributed by atoms with Gasteiger partial charge in [0.2, 0.25) is 10.0 Å². The molecule has 0 aliphatic carbocycles. The Morgan fingerprint density at radius 1 is 1.24 bits per heavy atom. The molecule has 0 saturated heterocycles. The van der Waals surface area contributed by atoms with Gasteiger partial charge in [0, 0.05) is 7.05 Å². The van der Waals surface area contributed by atoms with Gasteiger partial charge in [-0.2, -0.15) is 4.31 Å². The van der Waals surface area contributed by atoms with Crippen molar-refractivity contribution in [3.05, 3.63) is 59.1 Å². The van der Waals surface area contributed by atoms with Crippen molar-refractivity contribution >= 4 is 27.6 Å². The highest BCUT2D eigenvalue weighted by Crippen LogP contribution is 2.26. The maximum absolute atomic E-state index is 12.7. The molecule has 0 heterocycles. The lowest BCUT2D eigenvalue weighted by Gasteiger charge is -2.24. The molecule has 0 aromatic heterocycles. The first-order valence-corrected chi connectivity index (χ1v) is 9.17. The van der Waals surface area contributed by atoms with Gasteiger partial charge in [0.25, 0.3) is 0 Å². The highest BCUT2D eigenvalue weighted by atomic mass is 35.5. The SMILES string of the molecule is COc1ccc(C[C@@H](C(=O)O)N(C)S(=O)(=O)c2ccccc2)cc1Cl. The fourth-order valence-electron chi connectivity index (χ4n) is 2.36. The molecule has 0 fully saturated rings. The van der Waals surface area contributed by atoms with Gasteiger partial charge in [0.15, 0.2) is 0 Å². The van der Waals surface area contributed by atoms with E-state index < -0.39 is 22.0 Å². The molecule has 0 amide bonds. The monoisotopic (exact) mass is 383 g/mol. The van der Waals surface area contributed by atoms with Crippen LogP contribution in [0.1, 0.15) is 5.56 Å². The van der Waals surface area contributed by atoms with Crippen LogP contribution in [0.25, 0.3) is 0 Å². The van der Waals surface area contributed by atoms with Gasteiger partial charge in [-0.15, -0.1) is 0 Å². The molecule has 2 rings (SSSR count). The molecule has 6 nitrogen and oxygen atoms in total. The largest absolute Gasteiger partial charge is 0.495 e. The Hall–Kier alpha value is -2.09. The predicted molar refractivity (Wildman–Crippen MR) is 94.5 cm³/mol. The molecule has 2 aromatic rings. The summed E-state index contributed by atoms with van der Waals surface area (Å²) < 4.78 is 31.2. The summed E-state index contributed by atoms with van der Waals surface area (Å²) in [6, 6.07) is 11.3. The Bertz CT molecular complexity index is 855. The molecule has 8 heteroatoms. The van der Waals surface area contributed by atoms with Crippen LogP contribution in [0.5, 0.6) is 5.75 Å². The molecule has 0 unspecified atom stereocenters. The van der Waals surface area contributed by atoms with Crippen LogP contribution < -0.4 is 4.74 Å². The van der Waals surface area contributed by atoms with Crippen LogP contribution in [-0.2, 0) is 21.2 Å². The van der Waals surface area contributed by atoms with E-state index in [2.05, 4.69) is 0 Å². The number of aliphatic carboxylic acids is 1. The topological polar surface area (TPSA) is 83.9 Å². The number of hydrogen-bond acceptors (Lipinski definition) is 4. The van der Waals surface area contributed by atoms with E-state index in [-0.39, 0.29) is 11.3 Å². The maximum Gasteiger partial charge on any atom is 0.322 e. The number of likely N-dealkylation sites (N-methyl/N-ethyl adjacent to an activating group) is 1. The summed E-state index contributed by atoms with van der Waals surface area (Å²) in [6.07, 6.45) is -0.0262. The first kappa shape index (κ1) is 19.2. The Kier molecular flexibility index (Phi) is 6.05. The Labute approximate surface area is 151 Å². The molecule has 1 N–H and O–H groups in total. The van der Waals surface area contributed by atoms with Crippen LogP contribution >= 0.6 is 11.6 Å². The molecule has 25 heavy (non-hydrogen) atoms. The third kappa shape index (κ3) is 4.31. The quantitative estimate of drug-likeness (QED) is 0.794. The zero-order chi connectivity index (χ0) is 18.6. The zero-order valence-corrected chi connectivity index (χ0v) is 15.3. The number of hydrogen-bond donors (Lipinski definition) is 1. The normalized spacial score (nSPS) is 12.8. The second kappa shape index (κ2) is 7.86. The van der Waals surface area contributed by atoms with Crippen LogP contribution in [-0.4, -0.2) is 44.0 Å². The lowest BCUT2D eigenvalue weighted by Crippen LogP contribution is -2.43. The van der Waals surface area contributed by atoms with Crippen molar-refractivity contribution in [2.75, 3.05) is 14.2 Å². The predicted octanol–water partition coefficient (Wildman–Crippen LogP) is 2.67. The number of halogens is 1. The number of carboxylic acid groups (broad SMARTS) is 1. The number of sulfonamides is 1. The van der Waals surface area contributed by atoms with Crippen molar-refractivity contribution in [2.24, 2.45) is 0 Å². The lowest BCUT2D eigenvalue weighted by atomic mass is 10.1. The average molecular weight is 384 g/mol. The van der Waals surface area contributed by atoms with E-state index >= 15 is 0 Å². The zero-order valence-electron chi connectivity index (χ0n) is 13.7. The molecular formula is C17H18ClNO5S. The van der Waals surface area contributed by atoms with Crippen LogP contribution in [0.3, 0.4) is 0 Å². The van der Waals surface area contributed by atoms with E-state index in [0.29, 0.717) is 16.3 Å². The van der Waals surface area contributed by atoms with Gasteiger partial charge in [-0.3, -0.25) is 4.79 Å². The molecule has 0 aliphatic heterocycles. The molecule has 0 spiro atoms. The summed E-state index contributed by atoms with van der Waals surface area (Å²) in [5.74, 6) is -0.781. The second-order valence-electron chi connectivity index (χ2n) is 5.36. The van der Waals surface area contributed by atoms with Gasteiger partial charge in [-0.1, -0.05) is 35.9 Å². The first-order chi connectivity index (χ1) is 11.8. The number of rotatable bonds is 7. The molecular weight excluding hydrogens is 366 g/mol. The number of nitrogens with zero attached hydrogens (tertiary/aromatic N) is 1. The second-order valence-corrected chi connectivity index (χ2v) is 7.77. The molecule has 0 saturated carbocycles. The fraction of sp³-hybridized carbons (Fsp3) is 0.235. The van der Waals surface area contributed by atoms with Crippen LogP contribution in [0.4, 0.5) is 0 Å². The van der Waals surface area contributed by atoms with E-state index in [1.165, 1.54) is 26.3 Å². The molecule has 0 radical (unpaired) electrons. The third-order valence-electron chi connectivity index (χ3n) is 3.79. The first-order valence-electron chi connectivity index (χ1n) is 7.35. The minimum Gasteiger partial charge on any atom is -0.495 e. The lowest BCUT2D eigenvalue weighted by molar-refractivity contribution is -0.141.